The summed E-state index contributed by atoms with van der Waals surface area (Å²) in [6.45, 7) is 5.85. The molecule has 1 rings (SSSR count). The molecule has 3 heteroatoms. The lowest BCUT2D eigenvalue weighted by atomic mass is 9.99. The fourth-order valence-corrected chi connectivity index (χ4v) is 1.75. The van der Waals surface area contributed by atoms with Gasteiger partial charge in [-0.2, -0.15) is 5.26 Å². The molecule has 1 unspecified atom stereocenters. The molecule has 2 nitrogen and oxygen atoms in total. The summed E-state index contributed by atoms with van der Waals surface area (Å²) in [4.78, 5) is 2.23. The molecule has 74 valence electrons. The van der Waals surface area contributed by atoms with E-state index in [1.54, 1.807) is 6.07 Å². The van der Waals surface area contributed by atoms with E-state index in [9.17, 15) is 4.39 Å². The predicted molar refractivity (Wildman–Crippen MR) is 50.0 cm³/mol. The smallest absolute Gasteiger partial charge is 0.197 e. The van der Waals surface area contributed by atoms with Crippen LogP contribution in [0.15, 0.2) is 0 Å². The van der Waals surface area contributed by atoms with Crippen LogP contribution in [-0.2, 0) is 0 Å². The molecule has 0 aromatic carbocycles. The topological polar surface area (TPSA) is 27.0 Å². The van der Waals surface area contributed by atoms with E-state index in [0.717, 1.165) is 13.0 Å². The van der Waals surface area contributed by atoms with Crippen LogP contribution in [0.25, 0.3) is 0 Å². The maximum atomic E-state index is 13.6. The fourth-order valence-electron chi connectivity index (χ4n) is 1.75. The molecule has 1 atom stereocenters. The number of rotatable bonds is 1. The number of nitriles is 1. The highest BCUT2D eigenvalue weighted by atomic mass is 19.1. The van der Waals surface area contributed by atoms with E-state index in [1.165, 1.54) is 0 Å². The van der Waals surface area contributed by atoms with Crippen molar-refractivity contribution >= 4 is 0 Å². The van der Waals surface area contributed by atoms with Gasteiger partial charge in [0.15, 0.2) is 5.67 Å². The van der Waals surface area contributed by atoms with Crippen LogP contribution < -0.4 is 0 Å². The summed E-state index contributed by atoms with van der Waals surface area (Å²) in [5.74, 6) is 0. The Morgan fingerprint density at radius 1 is 1.38 bits per heavy atom. The van der Waals surface area contributed by atoms with E-state index in [2.05, 4.69) is 18.7 Å². The number of hydrogen-bond acceptors (Lipinski definition) is 2. The summed E-state index contributed by atoms with van der Waals surface area (Å²) in [7, 11) is 0. The van der Waals surface area contributed by atoms with Gasteiger partial charge in [-0.05, 0) is 33.2 Å². The minimum atomic E-state index is -1.57. The van der Waals surface area contributed by atoms with Crippen LogP contribution >= 0.6 is 0 Å². The Hall–Kier alpha value is -0.620. The second-order valence-electron chi connectivity index (χ2n) is 4.06. The van der Waals surface area contributed by atoms with E-state index in [1.807, 2.05) is 0 Å². The molecule has 0 bridgehead atoms. The average molecular weight is 184 g/mol. The van der Waals surface area contributed by atoms with Crippen LogP contribution in [-0.4, -0.2) is 29.7 Å². The van der Waals surface area contributed by atoms with Gasteiger partial charge in [-0.1, -0.05) is 0 Å². The zero-order valence-electron chi connectivity index (χ0n) is 8.39. The Bertz CT molecular complexity index is 209. The second kappa shape index (κ2) is 4.06. The lowest BCUT2D eigenvalue weighted by Crippen LogP contribution is -2.32. The summed E-state index contributed by atoms with van der Waals surface area (Å²) >= 11 is 0. The molecule has 0 amide bonds. The first-order valence-corrected chi connectivity index (χ1v) is 4.92. The zero-order valence-corrected chi connectivity index (χ0v) is 8.39. The van der Waals surface area contributed by atoms with Crippen molar-refractivity contribution in [2.75, 3.05) is 13.1 Å². The number of halogens is 1. The summed E-state index contributed by atoms with van der Waals surface area (Å²) in [6.07, 6.45) is 1.55. The highest BCUT2D eigenvalue weighted by Crippen LogP contribution is 2.26. The first-order chi connectivity index (χ1) is 6.07. The van der Waals surface area contributed by atoms with E-state index in [4.69, 9.17) is 5.26 Å². The summed E-state index contributed by atoms with van der Waals surface area (Å²) in [5, 5.41) is 8.66. The van der Waals surface area contributed by atoms with Gasteiger partial charge < -0.3 is 4.90 Å². The fraction of sp³-hybridized carbons (Fsp3) is 0.900. The van der Waals surface area contributed by atoms with Gasteiger partial charge in [-0.15, -0.1) is 0 Å². The van der Waals surface area contributed by atoms with Crippen molar-refractivity contribution in [1.82, 2.24) is 4.90 Å². The Morgan fingerprint density at radius 3 is 2.62 bits per heavy atom. The van der Waals surface area contributed by atoms with Gasteiger partial charge in [0.05, 0.1) is 0 Å². The van der Waals surface area contributed by atoms with Crippen molar-refractivity contribution in [2.24, 2.45) is 0 Å². The van der Waals surface area contributed by atoms with E-state index < -0.39 is 5.67 Å². The summed E-state index contributed by atoms with van der Waals surface area (Å²) in [6, 6.07) is 2.25. The van der Waals surface area contributed by atoms with Gasteiger partial charge in [0.1, 0.15) is 6.07 Å². The first kappa shape index (κ1) is 10.5. The first-order valence-electron chi connectivity index (χ1n) is 4.92. The summed E-state index contributed by atoms with van der Waals surface area (Å²) in [5.41, 5.74) is -1.57. The molecule has 0 saturated carbocycles. The molecular formula is C10H17FN2. The third-order valence-corrected chi connectivity index (χ3v) is 2.74. The number of alkyl halides is 1. The molecule has 1 heterocycles. The SMILES string of the molecule is CC(C)N1CCCC(F)(C#N)CC1. The van der Waals surface area contributed by atoms with Crippen LogP contribution in [0.1, 0.15) is 33.1 Å². The number of likely N-dealkylation sites (tertiary alicyclic amines) is 1. The highest BCUT2D eigenvalue weighted by molar-refractivity contribution is 5.02. The Labute approximate surface area is 79.3 Å². The molecule has 0 aromatic rings. The largest absolute Gasteiger partial charge is 0.301 e. The molecular weight excluding hydrogens is 167 g/mol. The van der Waals surface area contributed by atoms with Gasteiger partial charge in [-0.3, -0.25) is 0 Å². The van der Waals surface area contributed by atoms with Gasteiger partial charge in [-0.25, -0.2) is 4.39 Å². The van der Waals surface area contributed by atoms with E-state index in [0.29, 0.717) is 25.4 Å². The van der Waals surface area contributed by atoms with Crippen molar-refractivity contribution in [2.45, 2.75) is 44.8 Å². The molecule has 0 N–H and O–H groups in total. The van der Waals surface area contributed by atoms with Crippen molar-refractivity contribution in [1.29, 1.82) is 5.26 Å². The molecule has 1 fully saturated rings. The average Bonchev–Trinajstić information content (AvgIpc) is 2.28. The van der Waals surface area contributed by atoms with Crippen molar-refractivity contribution in [3.05, 3.63) is 0 Å². The van der Waals surface area contributed by atoms with Crippen LogP contribution in [0, 0.1) is 11.3 Å². The third-order valence-electron chi connectivity index (χ3n) is 2.74. The molecule has 0 spiro atoms. The molecule has 0 aliphatic carbocycles. The standard InChI is InChI=1S/C10H17FN2/c1-9(2)13-6-3-4-10(11,8-12)5-7-13/h9H,3-7H2,1-2H3. The molecule has 1 aliphatic rings. The monoisotopic (exact) mass is 184 g/mol. The van der Waals surface area contributed by atoms with Gasteiger partial charge >= 0.3 is 0 Å². The van der Waals surface area contributed by atoms with Crippen LogP contribution in [0.3, 0.4) is 0 Å². The normalized spacial score (nSPS) is 31.3. The van der Waals surface area contributed by atoms with Crippen LogP contribution in [0.5, 0.6) is 0 Å². The maximum Gasteiger partial charge on any atom is 0.197 e. The molecule has 13 heavy (non-hydrogen) atoms. The van der Waals surface area contributed by atoms with E-state index >= 15 is 0 Å². The quantitative estimate of drug-likeness (QED) is 0.624. The molecule has 0 aromatic heterocycles. The minimum absolute atomic E-state index is 0.363. The molecule has 1 aliphatic heterocycles. The van der Waals surface area contributed by atoms with Crippen LogP contribution in [0.4, 0.5) is 4.39 Å². The van der Waals surface area contributed by atoms with Gasteiger partial charge in [0.25, 0.3) is 0 Å². The number of hydrogen-bond donors (Lipinski definition) is 0. The van der Waals surface area contributed by atoms with Crippen molar-refractivity contribution in [3.63, 3.8) is 0 Å². The highest BCUT2D eigenvalue weighted by Gasteiger charge is 2.32. The maximum absolute atomic E-state index is 13.6. The predicted octanol–water partition coefficient (Wildman–Crippen LogP) is 2.11. The Morgan fingerprint density at radius 2 is 2.08 bits per heavy atom. The second-order valence-corrected chi connectivity index (χ2v) is 4.06. The van der Waals surface area contributed by atoms with Crippen LogP contribution in [0.2, 0.25) is 0 Å². The Kier molecular flexibility index (Phi) is 3.27. The zero-order chi connectivity index (χ0) is 9.90. The van der Waals surface area contributed by atoms with Gasteiger partial charge in [0.2, 0.25) is 0 Å². The Balaban J connectivity index is 2.55. The van der Waals surface area contributed by atoms with Crippen molar-refractivity contribution in [3.8, 4) is 6.07 Å². The minimum Gasteiger partial charge on any atom is -0.301 e. The van der Waals surface area contributed by atoms with E-state index in [-0.39, 0.29) is 0 Å². The lowest BCUT2D eigenvalue weighted by Gasteiger charge is -2.24. The van der Waals surface area contributed by atoms with Gasteiger partial charge in [0, 0.05) is 19.0 Å². The molecule has 0 radical (unpaired) electrons. The van der Waals surface area contributed by atoms with Crippen molar-refractivity contribution < 1.29 is 4.39 Å². The number of nitrogens with zero attached hydrogens (tertiary/aromatic N) is 2. The lowest BCUT2D eigenvalue weighted by molar-refractivity contribution is 0.191. The summed E-state index contributed by atoms with van der Waals surface area (Å²) < 4.78 is 13.6. The molecule has 1 saturated heterocycles. The third kappa shape index (κ3) is 2.67.